The van der Waals surface area contributed by atoms with E-state index in [-0.39, 0.29) is 25.2 Å². The number of terminal acetylenes is 2. The van der Waals surface area contributed by atoms with E-state index in [2.05, 4.69) is 22.5 Å². The summed E-state index contributed by atoms with van der Waals surface area (Å²) in [6, 6.07) is 7.12. The third kappa shape index (κ3) is 10.8. The molecule has 0 radical (unpaired) electrons. The minimum absolute atomic E-state index is 0.0772. The van der Waals surface area contributed by atoms with Gasteiger partial charge in [-0.2, -0.15) is 0 Å². The Morgan fingerprint density at radius 3 is 2.15 bits per heavy atom. The minimum atomic E-state index is -3.67. The third-order valence-electron chi connectivity index (χ3n) is 7.78. The van der Waals surface area contributed by atoms with Crippen molar-refractivity contribution in [3.8, 4) is 24.7 Å². The van der Waals surface area contributed by atoms with Gasteiger partial charge in [0, 0.05) is 12.8 Å². The van der Waals surface area contributed by atoms with Gasteiger partial charge >= 0.3 is 0 Å². The Morgan fingerprint density at radius 1 is 0.976 bits per heavy atom. The molecule has 226 valence electrons. The maximum Gasteiger partial charge on any atom is 0.243 e. The van der Waals surface area contributed by atoms with Gasteiger partial charge in [0.15, 0.2) is 9.84 Å². The number of hydrogen-bond donors (Lipinski definition) is 4. The highest BCUT2D eigenvalue weighted by Crippen LogP contribution is 2.29. The number of aliphatic hydroxyl groups excluding tert-OH is 2. The third-order valence-corrected chi connectivity index (χ3v) is 10.5. The summed E-state index contributed by atoms with van der Waals surface area (Å²) in [5.41, 5.74) is 0.785. The van der Waals surface area contributed by atoms with Gasteiger partial charge in [-0.3, -0.25) is 9.59 Å². The molecule has 8 nitrogen and oxygen atoms in total. The van der Waals surface area contributed by atoms with Crippen LogP contribution in [-0.2, 0) is 25.8 Å². The lowest BCUT2D eigenvalue weighted by Crippen LogP contribution is -2.56. The Labute approximate surface area is 246 Å². The standard InChI is InChI=1S/C32H46N2O6S/c1-6-14-26(31(38)34-27(29(36)28(35)15-7-2)21-24-18-12-9-13-19-24)33-30(37)25(20-23-16-10-8-11-17-23)22-41(39,40)32(3,4)5/h1-2,8,10-11,16-17,24-29,35-36H,9,12-15,18-22H2,3-5H3,(H,33,37)(H,34,38)/t25-,26+,27+,28+,29-/m1/s1. The van der Waals surface area contributed by atoms with Crippen LogP contribution in [0.3, 0.4) is 0 Å². The fraction of sp³-hybridized carbons (Fsp3) is 0.625. The molecule has 0 spiro atoms. The maximum absolute atomic E-state index is 13.5. The van der Waals surface area contributed by atoms with Crippen LogP contribution in [0.5, 0.6) is 0 Å². The second-order valence-electron chi connectivity index (χ2n) is 12.1. The second kappa shape index (κ2) is 16.0. The van der Waals surface area contributed by atoms with Crippen LogP contribution in [0.25, 0.3) is 0 Å². The number of benzene rings is 1. The van der Waals surface area contributed by atoms with Crippen molar-refractivity contribution in [2.75, 3.05) is 5.75 Å². The SMILES string of the molecule is C#CC[C@H](NC(=O)[C@H](Cc1ccccc1)CS(=O)(=O)C(C)(C)C)C(=O)N[C@@H](CC1CCCCC1)[C@@H](O)[C@@H](O)CC#C. The van der Waals surface area contributed by atoms with Gasteiger partial charge in [0.1, 0.15) is 12.1 Å². The van der Waals surface area contributed by atoms with E-state index in [0.717, 1.165) is 37.7 Å². The molecular formula is C32H46N2O6S. The van der Waals surface area contributed by atoms with Crippen molar-refractivity contribution in [1.29, 1.82) is 0 Å². The van der Waals surface area contributed by atoms with Crippen LogP contribution in [0.1, 0.15) is 77.7 Å². The van der Waals surface area contributed by atoms with Crippen LogP contribution >= 0.6 is 0 Å². The van der Waals surface area contributed by atoms with Crippen LogP contribution < -0.4 is 10.6 Å². The first kappa shape index (κ1) is 34.4. The van der Waals surface area contributed by atoms with Crippen molar-refractivity contribution < 1.29 is 28.2 Å². The zero-order valence-electron chi connectivity index (χ0n) is 24.5. The monoisotopic (exact) mass is 586 g/mol. The molecule has 0 saturated heterocycles. The van der Waals surface area contributed by atoms with E-state index in [0.29, 0.717) is 6.42 Å². The number of rotatable bonds is 14. The van der Waals surface area contributed by atoms with E-state index in [9.17, 15) is 28.2 Å². The van der Waals surface area contributed by atoms with E-state index in [1.165, 1.54) is 0 Å². The number of carbonyl (C=O) groups is 2. The highest BCUT2D eigenvalue weighted by Gasteiger charge is 2.37. The summed E-state index contributed by atoms with van der Waals surface area (Å²) in [7, 11) is -3.67. The fourth-order valence-corrected chi connectivity index (χ4v) is 6.42. The predicted molar refractivity (Wildman–Crippen MR) is 161 cm³/mol. The first-order chi connectivity index (χ1) is 19.3. The molecule has 0 aromatic heterocycles. The van der Waals surface area contributed by atoms with Crippen LogP contribution in [0, 0.1) is 36.5 Å². The Bertz CT molecular complexity index is 1170. The molecule has 1 aliphatic carbocycles. The van der Waals surface area contributed by atoms with Gasteiger partial charge in [-0.25, -0.2) is 8.42 Å². The molecule has 2 rings (SSSR count). The fourth-order valence-electron chi connectivity index (χ4n) is 5.12. The average Bonchev–Trinajstić information content (AvgIpc) is 2.92. The molecule has 1 aliphatic rings. The molecule has 41 heavy (non-hydrogen) atoms. The number of hydrogen-bond acceptors (Lipinski definition) is 6. The molecule has 0 bridgehead atoms. The van der Waals surface area contributed by atoms with Crippen molar-refractivity contribution in [2.24, 2.45) is 11.8 Å². The molecule has 1 fully saturated rings. The van der Waals surface area contributed by atoms with Crippen LogP contribution in [0.2, 0.25) is 0 Å². The molecule has 1 saturated carbocycles. The van der Waals surface area contributed by atoms with E-state index in [4.69, 9.17) is 12.8 Å². The summed E-state index contributed by atoms with van der Waals surface area (Å²) in [6.45, 7) is 4.75. The Balaban J connectivity index is 2.26. The highest BCUT2D eigenvalue weighted by molar-refractivity contribution is 7.92. The van der Waals surface area contributed by atoms with Crippen LogP contribution in [0.4, 0.5) is 0 Å². The quantitative estimate of drug-likeness (QED) is 0.248. The Kier molecular flexibility index (Phi) is 13.4. The van der Waals surface area contributed by atoms with E-state index in [1.54, 1.807) is 20.8 Å². The Hall–Kier alpha value is -2.85. The van der Waals surface area contributed by atoms with E-state index >= 15 is 0 Å². The van der Waals surface area contributed by atoms with Crippen molar-refractivity contribution in [1.82, 2.24) is 10.6 Å². The minimum Gasteiger partial charge on any atom is -0.389 e. The van der Waals surface area contributed by atoms with Crippen molar-refractivity contribution in [2.45, 2.75) is 108 Å². The van der Waals surface area contributed by atoms with Crippen molar-refractivity contribution in [3.05, 3.63) is 35.9 Å². The molecule has 1 aromatic rings. The summed E-state index contributed by atoms with van der Waals surface area (Å²) in [4.78, 5) is 27.0. The van der Waals surface area contributed by atoms with Crippen molar-refractivity contribution >= 4 is 21.7 Å². The Morgan fingerprint density at radius 2 is 1.59 bits per heavy atom. The van der Waals surface area contributed by atoms with E-state index < -0.39 is 62.4 Å². The van der Waals surface area contributed by atoms with Gasteiger partial charge in [-0.05, 0) is 45.1 Å². The lowest BCUT2D eigenvalue weighted by molar-refractivity contribution is -0.132. The molecular weight excluding hydrogens is 540 g/mol. The number of amides is 2. The van der Waals surface area contributed by atoms with Crippen LogP contribution in [-0.4, -0.2) is 65.2 Å². The summed E-state index contributed by atoms with van der Waals surface area (Å²) >= 11 is 0. The van der Waals surface area contributed by atoms with Gasteiger partial charge in [0.05, 0.1) is 28.6 Å². The highest BCUT2D eigenvalue weighted by atomic mass is 32.2. The average molecular weight is 587 g/mol. The van der Waals surface area contributed by atoms with Gasteiger partial charge in [0.2, 0.25) is 11.8 Å². The lowest BCUT2D eigenvalue weighted by atomic mass is 9.82. The molecule has 5 atom stereocenters. The van der Waals surface area contributed by atoms with Crippen molar-refractivity contribution in [3.63, 3.8) is 0 Å². The second-order valence-corrected chi connectivity index (χ2v) is 14.9. The normalized spacial score (nSPS) is 18.1. The maximum atomic E-state index is 13.5. The molecule has 0 heterocycles. The van der Waals surface area contributed by atoms with E-state index in [1.807, 2.05) is 30.3 Å². The number of carbonyl (C=O) groups excluding carboxylic acids is 2. The van der Waals surface area contributed by atoms with Gasteiger partial charge < -0.3 is 20.8 Å². The number of aliphatic hydroxyl groups is 2. The molecule has 0 unspecified atom stereocenters. The number of sulfone groups is 1. The summed E-state index contributed by atoms with van der Waals surface area (Å²) in [5.74, 6) is 2.43. The lowest BCUT2D eigenvalue weighted by Gasteiger charge is -2.33. The molecule has 2 amide bonds. The van der Waals surface area contributed by atoms with Gasteiger partial charge in [-0.15, -0.1) is 24.7 Å². The summed E-state index contributed by atoms with van der Waals surface area (Å²) in [6.07, 6.45) is 13.9. The first-order valence-corrected chi connectivity index (χ1v) is 16.0. The largest absolute Gasteiger partial charge is 0.389 e. The van der Waals surface area contributed by atoms with Gasteiger partial charge in [-0.1, -0.05) is 62.4 Å². The zero-order valence-corrected chi connectivity index (χ0v) is 25.3. The summed E-state index contributed by atoms with van der Waals surface area (Å²) < 4.78 is 25.1. The smallest absolute Gasteiger partial charge is 0.243 e. The molecule has 4 N–H and O–H groups in total. The molecule has 0 aliphatic heterocycles. The summed E-state index contributed by atoms with van der Waals surface area (Å²) in [5, 5.41) is 26.8. The van der Waals surface area contributed by atoms with Crippen LogP contribution in [0.15, 0.2) is 30.3 Å². The predicted octanol–water partition coefficient (Wildman–Crippen LogP) is 2.77. The molecule has 9 heteroatoms. The van der Waals surface area contributed by atoms with Gasteiger partial charge in [0.25, 0.3) is 0 Å². The topological polar surface area (TPSA) is 133 Å². The number of nitrogens with one attached hydrogen (secondary N) is 2. The zero-order chi connectivity index (χ0) is 30.6. The molecule has 1 aromatic carbocycles. The first-order valence-electron chi connectivity index (χ1n) is 14.4.